The van der Waals surface area contributed by atoms with E-state index in [0.29, 0.717) is 11.8 Å². The second-order valence-electron chi connectivity index (χ2n) is 4.83. The molecular weight excluding hydrogens is 153 g/mol. The monoisotopic (exact) mass is 177 g/mol. The Bertz CT molecular complexity index is 111. The van der Waals surface area contributed by atoms with Gasteiger partial charge in [-0.15, -0.1) is 5.54 Å². The fraction of sp³-hybridized carbons (Fsp3) is 1.00. The van der Waals surface area contributed by atoms with E-state index in [0.717, 1.165) is 19.3 Å². The second-order valence-corrected chi connectivity index (χ2v) is 4.83. The zero-order chi connectivity index (χ0) is 9.78. The molecule has 0 spiro atoms. The summed E-state index contributed by atoms with van der Waals surface area (Å²) in [4.78, 5) is 0. The van der Waals surface area contributed by atoms with Crippen LogP contribution in [0.2, 0.25) is 0 Å². The van der Waals surface area contributed by atoms with E-state index < -0.39 is 0 Å². The van der Waals surface area contributed by atoms with Crippen molar-refractivity contribution >= 4 is 0 Å². The van der Waals surface area contributed by atoms with Gasteiger partial charge < -0.3 is 5.73 Å². The fourth-order valence-electron chi connectivity index (χ4n) is 1.93. The first-order valence-corrected chi connectivity index (χ1v) is 5.14. The van der Waals surface area contributed by atoms with E-state index in [1.54, 1.807) is 0 Å². The molecule has 1 nitrogen and oxygen atoms in total. The van der Waals surface area contributed by atoms with Crippen LogP contribution in [0.5, 0.6) is 0 Å². The molecule has 0 aliphatic heterocycles. The third-order valence-electron chi connectivity index (χ3n) is 2.27. The minimum atomic E-state index is -0.164. The molecule has 13 heavy (non-hydrogen) atoms. The van der Waals surface area contributed by atoms with Crippen LogP contribution in [0.1, 0.15) is 53.9 Å². The van der Waals surface area contributed by atoms with Crippen LogP contribution in [-0.4, -0.2) is 5.54 Å². The Balaban J connectivity index is 0. The summed E-state index contributed by atoms with van der Waals surface area (Å²) in [6.45, 7) is 11.0. The summed E-state index contributed by atoms with van der Waals surface area (Å²) in [5, 5.41) is 0. The Morgan fingerprint density at radius 3 is 1.46 bits per heavy atom. The Morgan fingerprint density at radius 1 is 1.00 bits per heavy atom. The topological polar surface area (TPSA) is 23.8 Å². The van der Waals surface area contributed by atoms with Crippen molar-refractivity contribution in [3.8, 4) is 0 Å². The summed E-state index contributed by atoms with van der Waals surface area (Å²) in [7, 11) is 0. The van der Waals surface area contributed by atoms with Crippen LogP contribution in [0.25, 0.3) is 5.73 Å². The van der Waals surface area contributed by atoms with Crippen molar-refractivity contribution in [2.75, 3.05) is 0 Å². The van der Waals surface area contributed by atoms with E-state index in [1.807, 2.05) is 0 Å². The van der Waals surface area contributed by atoms with Gasteiger partial charge in [0, 0.05) is 0 Å². The molecule has 0 aliphatic rings. The van der Waals surface area contributed by atoms with Gasteiger partial charge in [0.2, 0.25) is 0 Å². The molecule has 0 atom stereocenters. The van der Waals surface area contributed by atoms with E-state index in [9.17, 15) is 0 Å². The zero-order valence-corrected chi connectivity index (χ0v) is 10.3. The standard InChI is InChI=1S/C11H24N.Li/c1-6-11(12,7-9(2)3)8-10(4)5;/h9-10,12H,6-8H2,1-5H3;/q-1;+1. The van der Waals surface area contributed by atoms with Crippen molar-refractivity contribution in [3.05, 3.63) is 5.73 Å². The van der Waals surface area contributed by atoms with Crippen LogP contribution >= 0.6 is 0 Å². The van der Waals surface area contributed by atoms with E-state index in [4.69, 9.17) is 5.73 Å². The van der Waals surface area contributed by atoms with Gasteiger partial charge in [-0.25, -0.2) is 0 Å². The molecular formula is C11H24LiN. The van der Waals surface area contributed by atoms with E-state index in [-0.39, 0.29) is 24.4 Å². The summed E-state index contributed by atoms with van der Waals surface area (Å²) in [6, 6.07) is 0. The number of rotatable bonds is 5. The normalized spacial score (nSPS) is 12.0. The molecule has 0 aromatic carbocycles. The summed E-state index contributed by atoms with van der Waals surface area (Å²) < 4.78 is 0. The summed E-state index contributed by atoms with van der Waals surface area (Å²) in [6.07, 6.45) is 3.08. The van der Waals surface area contributed by atoms with Crippen LogP contribution in [-0.2, 0) is 0 Å². The second kappa shape index (κ2) is 6.93. The molecule has 0 rings (SSSR count). The van der Waals surface area contributed by atoms with Gasteiger partial charge in [0.1, 0.15) is 0 Å². The van der Waals surface area contributed by atoms with Crippen molar-refractivity contribution in [1.82, 2.24) is 0 Å². The Hall–Kier alpha value is 0.557. The Morgan fingerprint density at radius 2 is 1.31 bits per heavy atom. The summed E-state index contributed by atoms with van der Waals surface area (Å²) in [5.41, 5.74) is 8.07. The predicted octanol–water partition coefficient (Wildman–Crippen LogP) is 1.28. The fourth-order valence-corrected chi connectivity index (χ4v) is 1.93. The largest absolute Gasteiger partial charge is 1.00 e. The van der Waals surface area contributed by atoms with Gasteiger partial charge >= 0.3 is 18.9 Å². The van der Waals surface area contributed by atoms with Crippen LogP contribution in [0.3, 0.4) is 0 Å². The van der Waals surface area contributed by atoms with Gasteiger partial charge in [-0.1, -0.05) is 53.9 Å². The molecule has 0 aromatic heterocycles. The molecule has 0 aromatic rings. The molecule has 0 fully saturated rings. The molecule has 0 saturated carbocycles. The van der Waals surface area contributed by atoms with E-state index >= 15 is 0 Å². The zero-order valence-electron chi connectivity index (χ0n) is 10.3. The summed E-state index contributed by atoms with van der Waals surface area (Å²) in [5.74, 6) is 1.31. The van der Waals surface area contributed by atoms with Gasteiger partial charge in [0.05, 0.1) is 0 Å². The number of nitrogens with one attached hydrogen (secondary N) is 1. The maximum absolute atomic E-state index is 8.23. The smallest absolute Gasteiger partial charge is 0.672 e. The molecule has 0 aliphatic carbocycles. The van der Waals surface area contributed by atoms with Crippen molar-refractivity contribution < 1.29 is 18.9 Å². The quantitative estimate of drug-likeness (QED) is 0.565. The molecule has 1 N–H and O–H groups in total. The van der Waals surface area contributed by atoms with Crippen molar-refractivity contribution in [2.45, 2.75) is 59.4 Å². The first-order chi connectivity index (χ1) is 5.39. The average molecular weight is 177 g/mol. The van der Waals surface area contributed by atoms with Gasteiger partial charge in [-0.05, 0) is 11.8 Å². The minimum Gasteiger partial charge on any atom is -0.672 e. The van der Waals surface area contributed by atoms with Crippen molar-refractivity contribution in [3.63, 3.8) is 0 Å². The van der Waals surface area contributed by atoms with E-state index in [2.05, 4.69) is 34.6 Å². The predicted molar refractivity (Wildman–Crippen MR) is 56.3 cm³/mol. The van der Waals surface area contributed by atoms with Gasteiger partial charge in [-0.2, -0.15) is 0 Å². The summed E-state index contributed by atoms with van der Waals surface area (Å²) >= 11 is 0. The molecule has 74 valence electrons. The minimum absolute atomic E-state index is 0. The maximum atomic E-state index is 8.23. The molecule has 0 heterocycles. The molecule has 2 heteroatoms. The van der Waals surface area contributed by atoms with Crippen LogP contribution < -0.4 is 18.9 Å². The van der Waals surface area contributed by atoms with Gasteiger partial charge in [-0.3, -0.25) is 0 Å². The average Bonchev–Trinajstić information content (AvgIpc) is 1.83. The Labute approximate surface area is 96.0 Å². The molecule has 0 saturated heterocycles. The number of hydrogen-bond donors (Lipinski definition) is 0. The Kier molecular flexibility index (Phi) is 8.53. The van der Waals surface area contributed by atoms with E-state index in [1.165, 1.54) is 0 Å². The van der Waals surface area contributed by atoms with Gasteiger partial charge in [0.15, 0.2) is 0 Å². The van der Waals surface area contributed by atoms with Crippen molar-refractivity contribution in [2.24, 2.45) is 11.8 Å². The van der Waals surface area contributed by atoms with Crippen LogP contribution in [0, 0.1) is 11.8 Å². The third kappa shape index (κ3) is 7.61. The first-order valence-electron chi connectivity index (χ1n) is 5.14. The van der Waals surface area contributed by atoms with Gasteiger partial charge in [0.25, 0.3) is 0 Å². The maximum Gasteiger partial charge on any atom is 1.00 e. The SMILES string of the molecule is CCC([NH-])(CC(C)C)CC(C)C.[Li+]. The molecule has 0 unspecified atom stereocenters. The number of hydrogen-bond acceptors (Lipinski definition) is 0. The molecule has 0 radical (unpaired) electrons. The third-order valence-corrected chi connectivity index (χ3v) is 2.27. The first kappa shape index (κ1) is 16.0. The van der Waals surface area contributed by atoms with Crippen LogP contribution in [0.15, 0.2) is 0 Å². The molecule has 0 amide bonds. The van der Waals surface area contributed by atoms with Crippen molar-refractivity contribution in [1.29, 1.82) is 0 Å². The van der Waals surface area contributed by atoms with Crippen LogP contribution in [0.4, 0.5) is 0 Å². The molecule has 0 bridgehead atoms.